The van der Waals surface area contributed by atoms with Crippen LogP contribution < -0.4 is 5.73 Å². The smallest absolute Gasteiger partial charge is 0.327 e. The molecule has 0 aromatic heterocycles. The molecule has 1 aromatic rings. The summed E-state index contributed by atoms with van der Waals surface area (Å²) in [5.74, 6) is -1.65. The largest absolute Gasteiger partial charge is 0.390 e. The van der Waals surface area contributed by atoms with E-state index < -0.39 is 30.3 Å². The molecule has 0 aliphatic rings. The number of halogens is 5. The molecule has 0 aliphatic heterocycles. The molecule has 1 rings (SSSR count). The van der Waals surface area contributed by atoms with Crippen molar-refractivity contribution in [1.29, 1.82) is 0 Å². The molecule has 0 spiro atoms. The highest BCUT2D eigenvalue weighted by atomic mass is 19.4. The van der Waals surface area contributed by atoms with Crippen LogP contribution >= 0.6 is 0 Å². The second kappa shape index (κ2) is 4.78. The third-order valence-corrected chi connectivity index (χ3v) is 1.91. The van der Waals surface area contributed by atoms with Gasteiger partial charge in [0.2, 0.25) is 0 Å². The van der Waals surface area contributed by atoms with Crippen LogP contribution in [0.25, 0.3) is 0 Å². The molecule has 0 bridgehead atoms. The molecule has 0 saturated heterocycles. The van der Waals surface area contributed by atoms with Crippen LogP contribution in [0.2, 0.25) is 0 Å². The van der Waals surface area contributed by atoms with Crippen molar-refractivity contribution in [3.8, 4) is 0 Å². The predicted octanol–water partition coefficient (Wildman–Crippen LogP) is 2.79. The van der Waals surface area contributed by atoms with Gasteiger partial charge in [0.1, 0.15) is 11.6 Å². The van der Waals surface area contributed by atoms with Crippen molar-refractivity contribution >= 4 is 0 Å². The van der Waals surface area contributed by atoms with E-state index in [9.17, 15) is 22.0 Å². The van der Waals surface area contributed by atoms with Gasteiger partial charge < -0.3 is 5.73 Å². The van der Waals surface area contributed by atoms with E-state index in [1.165, 1.54) is 0 Å². The molecule has 2 N–H and O–H groups in total. The number of alkyl halides is 3. The highest BCUT2D eigenvalue weighted by Crippen LogP contribution is 2.22. The lowest BCUT2D eigenvalue weighted by Crippen LogP contribution is -2.29. The fourth-order valence-electron chi connectivity index (χ4n) is 1.40. The monoisotopic (exact) mass is 239 g/mol. The van der Waals surface area contributed by atoms with Gasteiger partial charge in [0.15, 0.2) is 0 Å². The molecule has 0 amide bonds. The summed E-state index contributed by atoms with van der Waals surface area (Å²) in [6.07, 6.45) is -5.76. The van der Waals surface area contributed by atoms with Gasteiger partial charge in [-0.1, -0.05) is 0 Å². The van der Waals surface area contributed by atoms with Crippen molar-refractivity contribution in [2.45, 2.75) is 25.1 Å². The molecular formula is C10H10F5N. The molecule has 1 atom stereocenters. The normalized spacial score (nSPS) is 13.9. The quantitative estimate of drug-likeness (QED) is 0.806. The van der Waals surface area contributed by atoms with E-state index >= 15 is 0 Å². The zero-order valence-corrected chi connectivity index (χ0v) is 8.19. The van der Waals surface area contributed by atoms with Crippen LogP contribution in [0.3, 0.4) is 0 Å². The first-order chi connectivity index (χ1) is 7.26. The Labute approximate surface area is 89.1 Å². The Balaban J connectivity index is 2.66. The summed E-state index contributed by atoms with van der Waals surface area (Å²) in [6.45, 7) is 0. The molecule has 0 fully saturated rings. The topological polar surface area (TPSA) is 26.0 Å². The highest BCUT2D eigenvalue weighted by Gasteiger charge is 2.30. The molecule has 6 heteroatoms. The van der Waals surface area contributed by atoms with Gasteiger partial charge >= 0.3 is 6.18 Å². The van der Waals surface area contributed by atoms with Gasteiger partial charge in [0.05, 0.1) is 6.42 Å². The molecule has 1 aromatic carbocycles. The summed E-state index contributed by atoms with van der Waals surface area (Å²) in [5.41, 5.74) is 5.35. The maximum Gasteiger partial charge on any atom is 0.390 e. The second-order valence-electron chi connectivity index (χ2n) is 3.56. The number of nitrogens with two attached hydrogens (primary N) is 1. The molecule has 1 nitrogen and oxygen atoms in total. The Bertz CT molecular complexity index is 340. The fourth-order valence-corrected chi connectivity index (χ4v) is 1.40. The molecule has 0 saturated carbocycles. The standard InChI is InChI=1S/C10H10F5N/c11-7-1-6(2-8(12)4-7)3-9(16)5-10(13,14)15/h1-2,4,9H,3,5,16H2. The Morgan fingerprint density at radius 2 is 1.56 bits per heavy atom. The van der Waals surface area contributed by atoms with E-state index in [0.717, 1.165) is 12.1 Å². The average molecular weight is 239 g/mol. The summed E-state index contributed by atoms with van der Waals surface area (Å²) in [6, 6.07) is 1.40. The van der Waals surface area contributed by atoms with Gasteiger partial charge in [0.25, 0.3) is 0 Å². The first-order valence-corrected chi connectivity index (χ1v) is 4.53. The maximum absolute atomic E-state index is 12.7. The van der Waals surface area contributed by atoms with Crippen LogP contribution in [0.15, 0.2) is 18.2 Å². The van der Waals surface area contributed by atoms with Crippen LogP contribution in [-0.2, 0) is 6.42 Å². The van der Waals surface area contributed by atoms with E-state index in [1.54, 1.807) is 0 Å². The average Bonchev–Trinajstić information content (AvgIpc) is 1.96. The van der Waals surface area contributed by atoms with Crippen molar-refractivity contribution in [2.24, 2.45) is 5.73 Å². The molecule has 90 valence electrons. The molecule has 1 unspecified atom stereocenters. The summed E-state index contributed by atoms with van der Waals surface area (Å²) in [4.78, 5) is 0. The van der Waals surface area contributed by atoms with E-state index in [2.05, 4.69) is 0 Å². The van der Waals surface area contributed by atoms with Crippen LogP contribution in [-0.4, -0.2) is 12.2 Å². The SMILES string of the molecule is NC(Cc1cc(F)cc(F)c1)CC(F)(F)F. The molecule has 0 aliphatic carbocycles. The van der Waals surface area contributed by atoms with Gasteiger partial charge in [-0.3, -0.25) is 0 Å². The van der Waals surface area contributed by atoms with Crippen molar-refractivity contribution in [2.75, 3.05) is 0 Å². The molecule has 16 heavy (non-hydrogen) atoms. The van der Waals surface area contributed by atoms with Gasteiger partial charge in [-0.2, -0.15) is 13.2 Å². The minimum Gasteiger partial charge on any atom is -0.327 e. The first-order valence-electron chi connectivity index (χ1n) is 4.53. The van der Waals surface area contributed by atoms with Crippen LogP contribution in [0.4, 0.5) is 22.0 Å². The fraction of sp³-hybridized carbons (Fsp3) is 0.400. The Hall–Kier alpha value is -1.17. The van der Waals surface area contributed by atoms with Crippen molar-refractivity contribution in [1.82, 2.24) is 0 Å². The zero-order valence-electron chi connectivity index (χ0n) is 8.19. The lowest BCUT2D eigenvalue weighted by atomic mass is 10.0. The van der Waals surface area contributed by atoms with Crippen LogP contribution in [0, 0.1) is 11.6 Å². The Morgan fingerprint density at radius 3 is 2.00 bits per heavy atom. The lowest BCUT2D eigenvalue weighted by Gasteiger charge is -2.14. The van der Waals surface area contributed by atoms with Gasteiger partial charge in [0, 0.05) is 12.1 Å². The predicted molar refractivity (Wildman–Crippen MR) is 48.7 cm³/mol. The first kappa shape index (κ1) is 12.9. The Morgan fingerprint density at radius 1 is 1.06 bits per heavy atom. The van der Waals surface area contributed by atoms with Crippen LogP contribution in [0.1, 0.15) is 12.0 Å². The van der Waals surface area contributed by atoms with Gasteiger partial charge in [-0.05, 0) is 24.1 Å². The maximum atomic E-state index is 12.7. The number of rotatable bonds is 3. The van der Waals surface area contributed by atoms with Crippen molar-refractivity contribution < 1.29 is 22.0 Å². The minimum atomic E-state index is -4.37. The lowest BCUT2D eigenvalue weighted by molar-refractivity contribution is -0.138. The molecule has 0 radical (unpaired) electrons. The van der Waals surface area contributed by atoms with Crippen LogP contribution in [0.5, 0.6) is 0 Å². The summed E-state index contributed by atoms with van der Waals surface area (Å²) < 4.78 is 61.2. The van der Waals surface area contributed by atoms with E-state index in [0.29, 0.717) is 6.07 Å². The van der Waals surface area contributed by atoms with Gasteiger partial charge in [-0.15, -0.1) is 0 Å². The number of benzene rings is 1. The number of hydrogen-bond donors (Lipinski definition) is 1. The molecular weight excluding hydrogens is 229 g/mol. The summed E-state index contributed by atoms with van der Waals surface area (Å²) >= 11 is 0. The summed E-state index contributed by atoms with van der Waals surface area (Å²) in [7, 11) is 0. The van der Waals surface area contributed by atoms with Crippen molar-refractivity contribution in [3.05, 3.63) is 35.4 Å². The van der Waals surface area contributed by atoms with Crippen molar-refractivity contribution in [3.63, 3.8) is 0 Å². The number of hydrogen-bond acceptors (Lipinski definition) is 1. The minimum absolute atomic E-state index is 0.120. The third kappa shape index (κ3) is 4.57. The second-order valence-corrected chi connectivity index (χ2v) is 3.56. The van der Waals surface area contributed by atoms with Gasteiger partial charge in [-0.25, -0.2) is 8.78 Å². The third-order valence-electron chi connectivity index (χ3n) is 1.91. The van der Waals surface area contributed by atoms with E-state index in [4.69, 9.17) is 5.73 Å². The zero-order chi connectivity index (χ0) is 12.3. The Kier molecular flexibility index (Phi) is 3.85. The summed E-state index contributed by atoms with van der Waals surface area (Å²) in [5, 5.41) is 0. The van der Waals surface area contributed by atoms with E-state index in [1.807, 2.05) is 0 Å². The highest BCUT2D eigenvalue weighted by molar-refractivity contribution is 5.18. The molecule has 0 heterocycles. The van der Waals surface area contributed by atoms with E-state index in [-0.39, 0.29) is 12.0 Å².